The van der Waals surface area contributed by atoms with Gasteiger partial charge in [0, 0.05) is 12.6 Å². The molecule has 1 aliphatic heterocycles. The highest BCUT2D eigenvalue weighted by atomic mass is 16.3. The van der Waals surface area contributed by atoms with Gasteiger partial charge in [0.1, 0.15) is 0 Å². The van der Waals surface area contributed by atoms with E-state index in [4.69, 9.17) is 15.6 Å². The molecule has 4 nitrogen and oxygen atoms in total. The lowest BCUT2D eigenvalue weighted by Gasteiger charge is -2.17. The predicted molar refractivity (Wildman–Crippen MR) is 38.8 cm³/mol. The molecule has 0 amide bonds. The Hall–Kier alpha value is -0.610. The van der Waals surface area contributed by atoms with E-state index in [1.165, 1.54) is 12.8 Å². The molecule has 4 heteroatoms. The number of carbonyl (C=O) groups is 1. The van der Waals surface area contributed by atoms with Crippen LogP contribution in [-0.2, 0) is 4.79 Å². The molecule has 1 atom stereocenters. The first-order valence-electron chi connectivity index (χ1n) is 3.35. The van der Waals surface area contributed by atoms with Gasteiger partial charge in [-0.25, -0.2) is 0 Å². The van der Waals surface area contributed by atoms with Crippen LogP contribution < -0.4 is 11.1 Å². The molecule has 0 aliphatic carbocycles. The van der Waals surface area contributed by atoms with Crippen LogP contribution in [0.3, 0.4) is 0 Å². The van der Waals surface area contributed by atoms with Gasteiger partial charge in [0.15, 0.2) is 0 Å². The van der Waals surface area contributed by atoms with Crippen molar-refractivity contribution < 1.29 is 9.90 Å². The fraction of sp³-hybridized carbons (Fsp3) is 0.833. The van der Waals surface area contributed by atoms with Gasteiger partial charge in [-0.15, -0.1) is 0 Å². The molecule has 0 aromatic rings. The number of nitrogens with two attached hydrogens (primary N) is 1. The smallest absolute Gasteiger partial charge is 0.290 e. The standard InChI is InChI=1S/C5H12N2.CH2O2/c6-5-2-1-3-7-4-5;2-1-3/h5,7H,1-4,6H2;1H,(H,2,3)/t5-;/m0./s1. The SMILES string of the molecule is N[C@H]1CCCNC1.O=CO. The summed E-state index contributed by atoms with van der Waals surface area (Å²) in [5.41, 5.74) is 5.57. The van der Waals surface area contributed by atoms with Gasteiger partial charge < -0.3 is 16.2 Å². The van der Waals surface area contributed by atoms with E-state index in [0.717, 1.165) is 13.1 Å². The second kappa shape index (κ2) is 6.51. The molecular weight excluding hydrogens is 132 g/mol. The molecule has 1 saturated heterocycles. The first-order valence-corrected chi connectivity index (χ1v) is 3.35. The molecule has 4 N–H and O–H groups in total. The maximum Gasteiger partial charge on any atom is 0.290 e. The number of carboxylic acid groups (broad SMARTS) is 1. The summed E-state index contributed by atoms with van der Waals surface area (Å²) < 4.78 is 0. The quantitative estimate of drug-likeness (QED) is 0.399. The van der Waals surface area contributed by atoms with Crippen LogP contribution in [-0.4, -0.2) is 30.7 Å². The van der Waals surface area contributed by atoms with Crippen LogP contribution in [0.15, 0.2) is 0 Å². The molecule has 1 rings (SSSR count). The summed E-state index contributed by atoms with van der Waals surface area (Å²) in [6, 6.07) is 0.425. The maximum atomic E-state index is 8.36. The van der Waals surface area contributed by atoms with Crippen LogP contribution >= 0.6 is 0 Å². The molecule has 1 fully saturated rings. The molecule has 0 bridgehead atoms. The lowest BCUT2D eigenvalue weighted by molar-refractivity contribution is -0.122. The third kappa shape index (κ3) is 5.53. The summed E-state index contributed by atoms with van der Waals surface area (Å²) in [5.74, 6) is 0. The number of rotatable bonds is 0. The number of hydrogen-bond donors (Lipinski definition) is 3. The van der Waals surface area contributed by atoms with Crippen molar-refractivity contribution in [3.63, 3.8) is 0 Å². The van der Waals surface area contributed by atoms with Crippen LogP contribution in [0.2, 0.25) is 0 Å². The van der Waals surface area contributed by atoms with Crippen LogP contribution in [0.5, 0.6) is 0 Å². The normalized spacial score (nSPS) is 24.3. The Morgan fingerprint density at radius 1 is 1.70 bits per heavy atom. The summed E-state index contributed by atoms with van der Waals surface area (Å²) in [4.78, 5) is 8.36. The van der Waals surface area contributed by atoms with Crippen molar-refractivity contribution in [2.24, 2.45) is 5.73 Å². The van der Waals surface area contributed by atoms with Gasteiger partial charge in [-0.2, -0.15) is 0 Å². The van der Waals surface area contributed by atoms with Crippen LogP contribution in [0.4, 0.5) is 0 Å². The molecule has 10 heavy (non-hydrogen) atoms. The highest BCUT2D eigenvalue weighted by molar-refractivity contribution is 5.32. The molecule has 0 saturated carbocycles. The Morgan fingerprint density at radius 3 is 2.50 bits per heavy atom. The van der Waals surface area contributed by atoms with Gasteiger partial charge in [0.05, 0.1) is 0 Å². The summed E-state index contributed by atoms with van der Waals surface area (Å²) in [7, 11) is 0. The number of piperidine rings is 1. The molecular formula is C6H14N2O2. The lowest BCUT2D eigenvalue weighted by Crippen LogP contribution is -2.39. The van der Waals surface area contributed by atoms with Crippen molar-refractivity contribution in [3.8, 4) is 0 Å². The zero-order valence-electron chi connectivity index (χ0n) is 5.92. The van der Waals surface area contributed by atoms with Gasteiger partial charge in [-0.1, -0.05) is 0 Å². The zero-order chi connectivity index (χ0) is 7.82. The molecule has 0 aromatic heterocycles. The van der Waals surface area contributed by atoms with Crippen molar-refractivity contribution >= 4 is 6.47 Å². The Morgan fingerprint density at radius 2 is 2.30 bits per heavy atom. The second-order valence-corrected chi connectivity index (χ2v) is 2.21. The lowest BCUT2D eigenvalue weighted by atomic mass is 10.1. The predicted octanol–water partition coefficient (Wildman–Crippen LogP) is -0.602. The second-order valence-electron chi connectivity index (χ2n) is 2.21. The summed E-state index contributed by atoms with van der Waals surface area (Å²) in [6.45, 7) is 1.92. The fourth-order valence-electron chi connectivity index (χ4n) is 0.879. The van der Waals surface area contributed by atoms with E-state index in [0.29, 0.717) is 6.04 Å². The fourth-order valence-corrected chi connectivity index (χ4v) is 0.879. The van der Waals surface area contributed by atoms with Gasteiger partial charge in [0.2, 0.25) is 0 Å². The van der Waals surface area contributed by atoms with Crippen LogP contribution in [0.25, 0.3) is 0 Å². The van der Waals surface area contributed by atoms with Gasteiger partial charge in [-0.3, -0.25) is 4.79 Å². The van der Waals surface area contributed by atoms with E-state index in [9.17, 15) is 0 Å². The van der Waals surface area contributed by atoms with Crippen molar-refractivity contribution in [3.05, 3.63) is 0 Å². The first-order chi connectivity index (χ1) is 4.81. The van der Waals surface area contributed by atoms with E-state index in [-0.39, 0.29) is 6.47 Å². The Balaban J connectivity index is 0.000000236. The van der Waals surface area contributed by atoms with E-state index in [1.54, 1.807) is 0 Å². The highest BCUT2D eigenvalue weighted by Crippen LogP contribution is 1.96. The summed E-state index contributed by atoms with van der Waals surface area (Å²) in [5, 5.41) is 10.1. The molecule has 0 aromatic carbocycles. The Kier molecular flexibility index (Phi) is 6.11. The largest absolute Gasteiger partial charge is 0.483 e. The van der Waals surface area contributed by atoms with E-state index >= 15 is 0 Å². The number of hydrogen-bond acceptors (Lipinski definition) is 3. The van der Waals surface area contributed by atoms with Gasteiger partial charge >= 0.3 is 0 Å². The zero-order valence-corrected chi connectivity index (χ0v) is 5.92. The summed E-state index contributed by atoms with van der Waals surface area (Å²) >= 11 is 0. The minimum absolute atomic E-state index is 0.250. The average molecular weight is 146 g/mol. The number of nitrogens with one attached hydrogen (secondary N) is 1. The molecule has 60 valence electrons. The molecule has 0 radical (unpaired) electrons. The highest BCUT2D eigenvalue weighted by Gasteiger charge is 2.05. The topological polar surface area (TPSA) is 75.3 Å². The first kappa shape index (κ1) is 9.39. The summed E-state index contributed by atoms with van der Waals surface area (Å²) in [6.07, 6.45) is 2.45. The van der Waals surface area contributed by atoms with Crippen molar-refractivity contribution in [2.45, 2.75) is 18.9 Å². The minimum atomic E-state index is -0.250. The van der Waals surface area contributed by atoms with E-state index in [1.807, 2.05) is 0 Å². The van der Waals surface area contributed by atoms with Crippen molar-refractivity contribution in [2.75, 3.05) is 13.1 Å². The van der Waals surface area contributed by atoms with Crippen molar-refractivity contribution in [1.29, 1.82) is 0 Å². The molecule has 0 spiro atoms. The molecule has 1 aliphatic rings. The third-order valence-electron chi connectivity index (χ3n) is 1.33. The monoisotopic (exact) mass is 146 g/mol. The van der Waals surface area contributed by atoms with Crippen molar-refractivity contribution in [1.82, 2.24) is 5.32 Å². The molecule has 1 heterocycles. The van der Waals surface area contributed by atoms with Crippen LogP contribution in [0, 0.1) is 0 Å². The molecule has 0 unspecified atom stereocenters. The van der Waals surface area contributed by atoms with E-state index in [2.05, 4.69) is 5.32 Å². The Bertz CT molecular complexity index is 81.8. The van der Waals surface area contributed by atoms with Gasteiger partial charge in [-0.05, 0) is 19.4 Å². The average Bonchev–Trinajstić information content (AvgIpc) is 1.91. The minimum Gasteiger partial charge on any atom is -0.483 e. The van der Waals surface area contributed by atoms with Gasteiger partial charge in [0.25, 0.3) is 6.47 Å². The third-order valence-corrected chi connectivity index (χ3v) is 1.33. The van der Waals surface area contributed by atoms with Crippen LogP contribution in [0.1, 0.15) is 12.8 Å². The van der Waals surface area contributed by atoms with E-state index < -0.39 is 0 Å². The Labute approximate surface area is 60.4 Å². The maximum absolute atomic E-state index is 8.36.